The smallest absolute Gasteiger partial charge is 0.0738 e. The Kier molecular flexibility index (Phi) is 4.10. The molecule has 3 N–H and O–H groups in total. The lowest BCUT2D eigenvalue weighted by Crippen LogP contribution is -2.17. The Morgan fingerprint density at radius 1 is 1.64 bits per heavy atom. The van der Waals surface area contributed by atoms with E-state index in [1.54, 1.807) is 4.68 Å². The van der Waals surface area contributed by atoms with Gasteiger partial charge in [-0.3, -0.25) is 4.68 Å². The van der Waals surface area contributed by atoms with Gasteiger partial charge in [0, 0.05) is 13.5 Å². The molecule has 1 rings (SSSR count). The number of hydrogen-bond acceptors (Lipinski definition) is 3. The average molecular weight is 262 g/mol. The van der Waals surface area contributed by atoms with Crippen molar-refractivity contribution in [2.24, 2.45) is 12.8 Å². The third-order valence-electron chi connectivity index (χ3n) is 2.19. The van der Waals surface area contributed by atoms with Crippen molar-refractivity contribution in [3.8, 4) is 0 Å². The summed E-state index contributed by atoms with van der Waals surface area (Å²) >= 11 is 3.45. The SMILES string of the molecule is Cc1nn(C)c(CC(O)CCN)c1Br. The van der Waals surface area contributed by atoms with Gasteiger partial charge in [0.05, 0.1) is 22.0 Å². The number of aromatic nitrogens is 2. The minimum atomic E-state index is -0.383. The van der Waals surface area contributed by atoms with Gasteiger partial charge in [-0.15, -0.1) is 0 Å². The van der Waals surface area contributed by atoms with Crippen LogP contribution in [0.3, 0.4) is 0 Å². The number of halogens is 1. The van der Waals surface area contributed by atoms with Crippen molar-refractivity contribution in [2.45, 2.75) is 25.9 Å². The van der Waals surface area contributed by atoms with Crippen LogP contribution < -0.4 is 5.73 Å². The van der Waals surface area contributed by atoms with Crippen LogP contribution in [0, 0.1) is 6.92 Å². The highest BCUT2D eigenvalue weighted by Gasteiger charge is 2.14. The van der Waals surface area contributed by atoms with Gasteiger partial charge in [-0.05, 0) is 35.8 Å². The molecule has 14 heavy (non-hydrogen) atoms. The van der Waals surface area contributed by atoms with Crippen LogP contribution in [0.1, 0.15) is 17.8 Å². The van der Waals surface area contributed by atoms with E-state index in [9.17, 15) is 5.11 Å². The topological polar surface area (TPSA) is 64.1 Å². The van der Waals surface area contributed by atoms with Crippen molar-refractivity contribution in [3.05, 3.63) is 15.9 Å². The van der Waals surface area contributed by atoms with Crippen LogP contribution in [0.4, 0.5) is 0 Å². The second kappa shape index (κ2) is 4.91. The van der Waals surface area contributed by atoms with Gasteiger partial charge in [-0.2, -0.15) is 5.10 Å². The first kappa shape index (κ1) is 11.7. The molecule has 0 spiro atoms. The zero-order valence-electron chi connectivity index (χ0n) is 8.50. The van der Waals surface area contributed by atoms with E-state index in [0.717, 1.165) is 15.9 Å². The summed E-state index contributed by atoms with van der Waals surface area (Å²) in [5, 5.41) is 13.9. The summed E-state index contributed by atoms with van der Waals surface area (Å²) in [4.78, 5) is 0. The summed E-state index contributed by atoms with van der Waals surface area (Å²) in [7, 11) is 1.88. The number of nitrogens with two attached hydrogens (primary N) is 1. The summed E-state index contributed by atoms with van der Waals surface area (Å²) in [5.74, 6) is 0. The summed E-state index contributed by atoms with van der Waals surface area (Å²) in [6.45, 7) is 2.44. The molecule has 0 fully saturated rings. The van der Waals surface area contributed by atoms with Crippen LogP contribution in [0.5, 0.6) is 0 Å². The molecular weight excluding hydrogens is 246 g/mol. The fraction of sp³-hybridized carbons (Fsp3) is 0.667. The van der Waals surface area contributed by atoms with E-state index < -0.39 is 0 Å². The van der Waals surface area contributed by atoms with E-state index >= 15 is 0 Å². The molecule has 0 aliphatic heterocycles. The van der Waals surface area contributed by atoms with Crippen molar-refractivity contribution in [2.75, 3.05) is 6.54 Å². The van der Waals surface area contributed by atoms with E-state index in [-0.39, 0.29) is 6.10 Å². The average Bonchev–Trinajstić information content (AvgIpc) is 2.33. The maximum Gasteiger partial charge on any atom is 0.0738 e. The van der Waals surface area contributed by atoms with Crippen LogP contribution in [-0.2, 0) is 13.5 Å². The minimum Gasteiger partial charge on any atom is -0.393 e. The molecule has 1 aromatic heterocycles. The normalized spacial score (nSPS) is 13.2. The summed E-state index contributed by atoms with van der Waals surface area (Å²) in [5.41, 5.74) is 7.33. The van der Waals surface area contributed by atoms with Crippen LogP contribution in [0.25, 0.3) is 0 Å². The Labute approximate surface area is 92.2 Å². The molecule has 80 valence electrons. The molecule has 1 unspecified atom stereocenters. The molecule has 0 bridgehead atoms. The minimum absolute atomic E-state index is 0.383. The fourth-order valence-electron chi connectivity index (χ4n) is 1.42. The molecule has 0 amide bonds. The molecule has 0 aromatic carbocycles. The maximum atomic E-state index is 9.62. The van der Waals surface area contributed by atoms with Crippen molar-refractivity contribution in [1.82, 2.24) is 9.78 Å². The zero-order chi connectivity index (χ0) is 10.7. The Balaban J connectivity index is 2.75. The lowest BCUT2D eigenvalue weighted by atomic mass is 10.1. The first-order valence-corrected chi connectivity index (χ1v) is 5.41. The van der Waals surface area contributed by atoms with Gasteiger partial charge >= 0.3 is 0 Å². The summed E-state index contributed by atoms with van der Waals surface area (Å²) in [6.07, 6.45) is 0.831. The Morgan fingerprint density at radius 2 is 2.29 bits per heavy atom. The molecule has 5 heteroatoms. The van der Waals surface area contributed by atoms with Crippen molar-refractivity contribution < 1.29 is 5.11 Å². The van der Waals surface area contributed by atoms with Crippen LogP contribution in [0.15, 0.2) is 4.47 Å². The number of aliphatic hydroxyl groups is 1. The summed E-state index contributed by atoms with van der Waals surface area (Å²) < 4.78 is 2.77. The quantitative estimate of drug-likeness (QED) is 0.841. The molecule has 4 nitrogen and oxygen atoms in total. The van der Waals surface area contributed by atoms with Gasteiger partial charge < -0.3 is 10.8 Å². The number of nitrogens with zero attached hydrogens (tertiary/aromatic N) is 2. The summed E-state index contributed by atoms with van der Waals surface area (Å²) in [6, 6.07) is 0. The van der Waals surface area contributed by atoms with E-state index in [2.05, 4.69) is 21.0 Å². The number of hydrogen-bond donors (Lipinski definition) is 2. The molecule has 1 aromatic rings. The number of aryl methyl sites for hydroxylation is 2. The van der Waals surface area contributed by atoms with Gasteiger partial charge in [0.15, 0.2) is 0 Å². The van der Waals surface area contributed by atoms with E-state index in [0.29, 0.717) is 19.4 Å². The Bertz CT molecular complexity index is 311. The second-order valence-corrected chi connectivity index (χ2v) is 4.20. The molecule has 0 aliphatic rings. The predicted octanol–water partition coefficient (Wildman–Crippen LogP) is 0.743. The Hall–Kier alpha value is -0.390. The molecule has 0 saturated carbocycles. The molecule has 1 heterocycles. The standard InChI is InChI=1S/C9H16BrN3O/c1-6-9(10)8(13(2)12-6)5-7(14)3-4-11/h7,14H,3-5,11H2,1-2H3. The predicted molar refractivity (Wildman–Crippen MR) is 59.0 cm³/mol. The largest absolute Gasteiger partial charge is 0.393 e. The highest BCUT2D eigenvalue weighted by atomic mass is 79.9. The molecule has 0 saturated heterocycles. The van der Waals surface area contributed by atoms with Crippen molar-refractivity contribution >= 4 is 15.9 Å². The molecule has 1 atom stereocenters. The van der Waals surface area contributed by atoms with Gasteiger partial charge in [-0.1, -0.05) is 0 Å². The monoisotopic (exact) mass is 261 g/mol. The third-order valence-corrected chi connectivity index (χ3v) is 3.22. The van der Waals surface area contributed by atoms with Crippen molar-refractivity contribution in [3.63, 3.8) is 0 Å². The number of aliphatic hydroxyl groups excluding tert-OH is 1. The number of rotatable bonds is 4. The van der Waals surface area contributed by atoms with E-state index in [1.165, 1.54) is 0 Å². The first-order chi connectivity index (χ1) is 6.56. The molecule has 0 aliphatic carbocycles. The van der Waals surface area contributed by atoms with E-state index in [4.69, 9.17) is 5.73 Å². The van der Waals surface area contributed by atoms with E-state index in [1.807, 2.05) is 14.0 Å². The highest BCUT2D eigenvalue weighted by molar-refractivity contribution is 9.10. The van der Waals surface area contributed by atoms with Crippen LogP contribution >= 0.6 is 15.9 Å². The first-order valence-electron chi connectivity index (χ1n) is 4.62. The lowest BCUT2D eigenvalue weighted by molar-refractivity contribution is 0.165. The highest BCUT2D eigenvalue weighted by Crippen LogP contribution is 2.21. The van der Waals surface area contributed by atoms with Crippen LogP contribution in [0.2, 0.25) is 0 Å². The van der Waals surface area contributed by atoms with Crippen LogP contribution in [-0.4, -0.2) is 27.5 Å². The van der Waals surface area contributed by atoms with Gasteiger partial charge in [0.1, 0.15) is 0 Å². The van der Waals surface area contributed by atoms with Gasteiger partial charge in [0.2, 0.25) is 0 Å². The van der Waals surface area contributed by atoms with Crippen molar-refractivity contribution in [1.29, 1.82) is 0 Å². The molecular formula is C9H16BrN3O. The Morgan fingerprint density at radius 3 is 2.71 bits per heavy atom. The molecule has 0 radical (unpaired) electrons. The zero-order valence-corrected chi connectivity index (χ0v) is 10.1. The fourth-order valence-corrected chi connectivity index (χ4v) is 1.92. The maximum absolute atomic E-state index is 9.62. The second-order valence-electron chi connectivity index (χ2n) is 3.40. The van der Waals surface area contributed by atoms with Gasteiger partial charge in [0.25, 0.3) is 0 Å². The third kappa shape index (κ3) is 2.56. The lowest BCUT2D eigenvalue weighted by Gasteiger charge is -2.09. The van der Waals surface area contributed by atoms with Gasteiger partial charge in [-0.25, -0.2) is 0 Å².